The lowest BCUT2D eigenvalue weighted by atomic mass is 10.0. The van der Waals surface area contributed by atoms with Crippen molar-refractivity contribution in [2.24, 2.45) is 0 Å². The van der Waals surface area contributed by atoms with E-state index in [2.05, 4.69) is 4.98 Å². The lowest BCUT2D eigenvalue weighted by molar-refractivity contribution is 0.0576. The third-order valence-electron chi connectivity index (χ3n) is 5.49. The molecule has 33 heavy (non-hydrogen) atoms. The highest BCUT2D eigenvalue weighted by atomic mass is 35.5. The average Bonchev–Trinajstić information content (AvgIpc) is 3.16. The molecule has 1 saturated heterocycles. The monoisotopic (exact) mass is 495 g/mol. The zero-order chi connectivity index (χ0) is 23.7. The molecule has 0 atom stereocenters. The van der Waals surface area contributed by atoms with Crippen LogP contribution in [0.5, 0.6) is 5.75 Å². The SMILES string of the molecule is CN1CCC(N(C(=O)O)C(=O)c2c(F)ccc(OCc3nc4cc(Cl)ccc4s3)c2F)CC1. The standard InChI is InChI=1S/C22H20ClF2N3O4S/c1-27-8-6-13(7-9-27)28(22(30)31)21(29)19-14(24)3-4-16(20(19)25)32-11-18-26-15-10-12(23)2-5-17(15)33-18/h2-5,10,13H,6-9,11H2,1H3,(H,30,31). The number of fused-ring (bicyclic) bond motifs is 1. The van der Waals surface area contributed by atoms with Crippen LogP contribution < -0.4 is 4.74 Å². The largest absolute Gasteiger partial charge is 0.483 e. The molecule has 11 heteroatoms. The van der Waals surface area contributed by atoms with Gasteiger partial charge in [-0.2, -0.15) is 0 Å². The minimum absolute atomic E-state index is 0.120. The normalized spacial score (nSPS) is 15.0. The average molecular weight is 496 g/mol. The van der Waals surface area contributed by atoms with E-state index in [1.807, 2.05) is 11.9 Å². The molecule has 2 amide bonds. The summed E-state index contributed by atoms with van der Waals surface area (Å²) in [7, 11) is 1.88. The Balaban J connectivity index is 1.57. The molecule has 0 bridgehead atoms. The summed E-state index contributed by atoms with van der Waals surface area (Å²) in [6.07, 6.45) is -0.779. The molecule has 174 valence electrons. The van der Waals surface area contributed by atoms with Gasteiger partial charge in [0, 0.05) is 11.1 Å². The van der Waals surface area contributed by atoms with Crippen LogP contribution in [-0.2, 0) is 6.61 Å². The summed E-state index contributed by atoms with van der Waals surface area (Å²) in [4.78, 5) is 31.7. The number of halogens is 3. The predicted octanol–water partition coefficient (Wildman–Crippen LogP) is 5.02. The number of likely N-dealkylation sites (tertiary alicyclic amines) is 1. The first kappa shape index (κ1) is 23.3. The Kier molecular flexibility index (Phi) is 6.78. The topological polar surface area (TPSA) is 83.0 Å². The Bertz CT molecular complexity index is 1210. The Labute approximate surface area is 197 Å². The van der Waals surface area contributed by atoms with E-state index in [1.54, 1.807) is 18.2 Å². The highest BCUT2D eigenvalue weighted by Crippen LogP contribution is 2.29. The van der Waals surface area contributed by atoms with Crippen LogP contribution in [0.1, 0.15) is 28.2 Å². The van der Waals surface area contributed by atoms with E-state index in [0.29, 0.717) is 46.4 Å². The second kappa shape index (κ2) is 9.58. The van der Waals surface area contributed by atoms with Gasteiger partial charge in [0.15, 0.2) is 11.6 Å². The molecule has 4 rings (SSSR count). The quantitative estimate of drug-likeness (QED) is 0.535. The van der Waals surface area contributed by atoms with Gasteiger partial charge in [0.25, 0.3) is 5.91 Å². The zero-order valence-electron chi connectivity index (χ0n) is 17.6. The summed E-state index contributed by atoms with van der Waals surface area (Å²) in [5.41, 5.74) is -0.290. The fraction of sp³-hybridized carbons (Fsp3) is 0.318. The van der Waals surface area contributed by atoms with E-state index in [-0.39, 0.29) is 12.4 Å². The molecule has 0 saturated carbocycles. The zero-order valence-corrected chi connectivity index (χ0v) is 19.1. The van der Waals surface area contributed by atoms with Gasteiger partial charge >= 0.3 is 6.09 Å². The molecule has 1 fully saturated rings. The van der Waals surface area contributed by atoms with Gasteiger partial charge in [-0.05, 0) is 63.3 Å². The molecule has 1 aliphatic rings. The van der Waals surface area contributed by atoms with Gasteiger partial charge in [0.2, 0.25) is 0 Å². The van der Waals surface area contributed by atoms with Gasteiger partial charge in [-0.15, -0.1) is 11.3 Å². The molecule has 0 spiro atoms. The molecule has 2 aromatic carbocycles. The van der Waals surface area contributed by atoms with E-state index in [9.17, 15) is 19.1 Å². The van der Waals surface area contributed by atoms with Gasteiger partial charge in [-0.25, -0.2) is 23.5 Å². The minimum atomic E-state index is -1.55. The number of amides is 2. The van der Waals surface area contributed by atoms with Crippen LogP contribution >= 0.6 is 22.9 Å². The number of ether oxygens (including phenoxy) is 1. The first-order chi connectivity index (χ1) is 15.7. The highest BCUT2D eigenvalue weighted by molar-refractivity contribution is 7.18. The van der Waals surface area contributed by atoms with Crippen LogP contribution in [0.25, 0.3) is 10.2 Å². The maximum atomic E-state index is 15.1. The summed E-state index contributed by atoms with van der Waals surface area (Å²) in [5, 5.41) is 10.7. The third kappa shape index (κ3) is 4.92. The van der Waals surface area contributed by atoms with Crippen molar-refractivity contribution in [3.05, 3.63) is 57.6 Å². The number of hydrogen-bond acceptors (Lipinski definition) is 6. The number of carboxylic acid groups (broad SMARTS) is 1. The number of rotatable bonds is 5. The Morgan fingerprint density at radius 2 is 2.00 bits per heavy atom. The lowest BCUT2D eigenvalue weighted by Gasteiger charge is -2.34. The number of thiazole rings is 1. The van der Waals surface area contributed by atoms with Crippen molar-refractivity contribution in [3.63, 3.8) is 0 Å². The molecule has 0 radical (unpaired) electrons. The van der Waals surface area contributed by atoms with Crippen molar-refractivity contribution < 1.29 is 28.2 Å². The first-order valence-corrected chi connectivity index (χ1v) is 11.3. The molecule has 2 heterocycles. The second-order valence-electron chi connectivity index (χ2n) is 7.74. The summed E-state index contributed by atoms with van der Waals surface area (Å²) >= 11 is 7.29. The number of nitrogens with zero attached hydrogens (tertiary/aromatic N) is 3. The van der Waals surface area contributed by atoms with Crippen molar-refractivity contribution in [1.82, 2.24) is 14.8 Å². The lowest BCUT2D eigenvalue weighted by Crippen LogP contribution is -2.49. The molecule has 7 nitrogen and oxygen atoms in total. The molecule has 1 aliphatic heterocycles. The van der Waals surface area contributed by atoms with E-state index < -0.39 is 35.2 Å². The van der Waals surface area contributed by atoms with Crippen LogP contribution in [0.3, 0.4) is 0 Å². The van der Waals surface area contributed by atoms with Crippen molar-refractivity contribution in [2.45, 2.75) is 25.5 Å². The van der Waals surface area contributed by atoms with Crippen LogP contribution in [0.4, 0.5) is 13.6 Å². The highest BCUT2D eigenvalue weighted by Gasteiger charge is 2.36. The minimum Gasteiger partial charge on any atom is -0.483 e. The number of aromatic nitrogens is 1. The Hall–Kier alpha value is -2.82. The molecule has 0 unspecified atom stereocenters. The number of piperidine rings is 1. The fourth-order valence-electron chi connectivity index (χ4n) is 3.77. The molecule has 3 aromatic rings. The summed E-state index contributed by atoms with van der Waals surface area (Å²) < 4.78 is 36.0. The molecular weight excluding hydrogens is 476 g/mol. The number of benzene rings is 2. The number of hydrogen-bond donors (Lipinski definition) is 1. The van der Waals surface area contributed by atoms with E-state index in [4.69, 9.17) is 16.3 Å². The van der Waals surface area contributed by atoms with E-state index in [1.165, 1.54) is 11.3 Å². The van der Waals surface area contributed by atoms with Crippen LogP contribution in [0.2, 0.25) is 5.02 Å². The van der Waals surface area contributed by atoms with Gasteiger partial charge in [0.1, 0.15) is 23.0 Å². The third-order valence-corrected chi connectivity index (χ3v) is 6.74. The first-order valence-electron chi connectivity index (χ1n) is 10.2. The van der Waals surface area contributed by atoms with E-state index in [0.717, 1.165) is 16.8 Å². The van der Waals surface area contributed by atoms with E-state index >= 15 is 4.39 Å². The predicted molar refractivity (Wildman–Crippen MR) is 120 cm³/mol. The molecule has 1 aromatic heterocycles. The summed E-state index contributed by atoms with van der Waals surface area (Å²) in [5.74, 6) is -4.01. The fourth-order valence-corrected chi connectivity index (χ4v) is 4.80. The van der Waals surface area contributed by atoms with Crippen molar-refractivity contribution in [2.75, 3.05) is 20.1 Å². The Morgan fingerprint density at radius 1 is 1.27 bits per heavy atom. The maximum absolute atomic E-state index is 15.1. The van der Waals surface area contributed by atoms with Crippen LogP contribution in [-0.4, -0.2) is 58.1 Å². The summed E-state index contributed by atoms with van der Waals surface area (Å²) in [6.45, 7) is 1.02. The van der Waals surface area contributed by atoms with Gasteiger partial charge in [-0.3, -0.25) is 4.79 Å². The van der Waals surface area contributed by atoms with Crippen LogP contribution in [0, 0.1) is 11.6 Å². The van der Waals surface area contributed by atoms with Gasteiger partial charge in [-0.1, -0.05) is 11.6 Å². The van der Waals surface area contributed by atoms with Crippen LogP contribution in [0.15, 0.2) is 30.3 Å². The summed E-state index contributed by atoms with van der Waals surface area (Å²) in [6, 6.07) is 6.50. The Morgan fingerprint density at radius 3 is 2.70 bits per heavy atom. The maximum Gasteiger partial charge on any atom is 0.414 e. The molecular formula is C22H20ClF2N3O4S. The van der Waals surface area contributed by atoms with Crippen molar-refractivity contribution >= 4 is 45.2 Å². The molecule has 1 N–H and O–H groups in total. The molecule has 0 aliphatic carbocycles. The number of carbonyl (C=O) groups excluding carboxylic acids is 1. The number of imide groups is 1. The van der Waals surface area contributed by atoms with Crippen molar-refractivity contribution in [3.8, 4) is 5.75 Å². The number of carbonyl (C=O) groups is 2. The smallest absolute Gasteiger partial charge is 0.414 e. The van der Waals surface area contributed by atoms with Crippen molar-refractivity contribution in [1.29, 1.82) is 0 Å². The van der Waals surface area contributed by atoms with Gasteiger partial charge in [0.05, 0.1) is 10.2 Å². The van der Waals surface area contributed by atoms with Gasteiger partial charge < -0.3 is 14.7 Å². The second-order valence-corrected chi connectivity index (χ2v) is 9.29.